The lowest BCUT2D eigenvalue weighted by molar-refractivity contribution is -0.128. The van der Waals surface area contributed by atoms with Crippen molar-refractivity contribution in [2.45, 2.75) is 39.0 Å². The number of hydrogen-bond donors (Lipinski definition) is 0. The van der Waals surface area contributed by atoms with Gasteiger partial charge in [0.25, 0.3) is 0 Å². The standard InChI is InChI=1S/C22H24O3/c1-2-15-24-21-10-6-5-8-18(21)12-14-22(23)25-20-13-11-17-7-3-4-9-19(17)16-20/h5-6,8,10-14,16H,2-4,7,9,15H2,1H3/b14-12+. The summed E-state index contributed by atoms with van der Waals surface area (Å²) < 4.78 is 11.2. The van der Waals surface area contributed by atoms with Crippen LogP contribution in [0.5, 0.6) is 11.5 Å². The minimum Gasteiger partial charge on any atom is -0.493 e. The molecule has 1 aliphatic carbocycles. The van der Waals surface area contributed by atoms with E-state index in [1.807, 2.05) is 36.4 Å². The van der Waals surface area contributed by atoms with Crippen LogP contribution in [0.1, 0.15) is 42.9 Å². The fourth-order valence-electron chi connectivity index (χ4n) is 3.04. The van der Waals surface area contributed by atoms with Crippen molar-refractivity contribution in [2.75, 3.05) is 6.61 Å². The van der Waals surface area contributed by atoms with Gasteiger partial charge in [0, 0.05) is 11.6 Å². The number of carbonyl (C=O) groups excluding carboxylic acids is 1. The molecule has 0 radical (unpaired) electrons. The van der Waals surface area contributed by atoms with Crippen molar-refractivity contribution in [1.29, 1.82) is 0 Å². The Morgan fingerprint density at radius 1 is 1.08 bits per heavy atom. The lowest BCUT2D eigenvalue weighted by atomic mass is 9.92. The Balaban J connectivity index is 1.65. The second kappa shape index (κ2) is 8.52. The van der Waals surface area contributed by atoms with Crippen LogP contribution < -0.4 is 9.47 Å². The molecule has 130 valence electrons. The van der Waals surface area contributed by atoms with Gasteiger partial charge in [-0.05, 0) is 67.5 Å². The first kappa shape index (κ1) is 17.3. The van der Waals surface area contributed by atoms with E-state index in [0.717, 1.165) is 30.6 Å². The minimum absolute atomic E-state index is 0.374. The second-order valence-corrected chi connectivity index (χ2v) is 6.28. The first-order valence-corrected chi connectivity index (χ1v) is 9.00. The van der Waals surface area contributed by atoms with Gasteiger partial charge in [0.1, 0.15) is 11.5 Å². The van der Waals surface area contributed by atoms with Crippen molar-refractivity contribution in [3.63, 3.8) is 0 Å². The van der Waals surface area contributed by atoms with Gasteiger partial charge in [-0.1, -0.05) is 31.2 Å². The molecule has 3 nitrogen and oxygen atoms in total. The summed E-state index contributed by atoms with van der Waals surface area (Å²) in [6.07, 6.45) is 8.78. The van der Waals surface area contributed by atoms with E-state index >= 15 is 0 Å². The Morgan fingerprint density at radius 3 is 2.72 bits per heavy atom. The van der Waals surface area contributed by atoms with Gasteiger partial charge in [-0.2, -0.15) is 0 Å². The molecule has 1 aliphatic rings. The minimum atomic E-state index is -0.374. The van der Waals surface area contributed by atoms with Gasteiger partial charge in [-0.15, -0.1) is 0 Å². The van der Waals surface area contributed by atoms with Crippen LogP contribution in [0.15, 0.2) is 48.5 Å². The summed E-state index contributed by atoms with van der Waals surface area (Å²) in [5.74, 6) is 1.02. The highest BCUT2D eigenvalue weighted by atomic mass is 16.5. The van der Waals surface area contributed by atoms with E-state index in [4.69, 9.17) is 9.47 Å². The maximum Gasteiger partial charge on any atom is 0.336 e. The van der Waals surface area contributed by atoms with Crippen LogP contribution in [0.4, 0.5) is 0 Å². The van der Waals surface area contributed by atoms with Crippen molar-refractivity contribution in [3.05, 3.63) is 65.2 Å². The number of para-hydroxylation sites is 1. The molecular weight excluding hydrogens is 312 g/mol. The maximum absolute atomic E-state index is 12.1. The fourth-order valence-corrected chi connectivity index (χ4v) is 3.04. The summed E-state index contributed by atoms with van der Waals surface area (Å²) in [5, 5.41) is 0. The molecule has 3 heteroatoms. The van der Waals surface area contributed by atoms with E-state index in [1.165, 1.54) is 30.0 Å². The van der Waals surface area contributed by atoms with Crippen LogP contribution in [0.2, 0.25) is 0 Å². The zero-order chi connectivity index (χ0) is 17.5. The molecule has 2 aromatic carbocycles. The van der Waals surface area contributed by atoms with Gasteiger partial charge >= 0.3 is 5.97 Å². The topological polar surface area (TPSA) is 35.5 Å². The molecule has 0 spiro atoms. The molecule has 0 amide bonds. The predicted molar refractivity (Wildman–Crippen MR) is 100.0 cm³/mol. The van der Waals surface area contributed by atoms with Crippen LogP contribution >= 0.6 is 0 Å². The normalized spacial score (nSPS) is 13.5. The number of benzene rings is 2. The van der Waals surface area contributed by atoms with Crippen molar-refractivity contribution in [2.24, 2.45) is 0 Å². The third-order valence-corrected chi connectivity index (χ3v) is 4.32. The number of esters is 1. The summed E-state index contributed by atoms with van der Waals surface area (Å²) in [4.78, 5) is 12.1. The van der Waals surface area contributed by atoms with E-state index in [1.54, 1.807) is 6.08 Å². The van der Waals surface area contributed by atoms with Crippen molar-refractivity contribution in [3.8, 4) is 11.5 Å². The number of hydrogen-bond acceptors (Lipinski definition) is 3. The molecule has 0 unspecified atom stereocenters. The highest BCUT2D eigenvalue weighted by Crippen LogP contribution is 2.25. The number of ether oxygens (including phenoxy) is 2. The van der Waals surface area contributed by atoms with Gasteiger partial charge in [-0.25, -0.2) is 4.79 Å². The largest absolute Gasteiger partial charge is 0.493 e. The number of fused-ring (bicyclic) bond motifs is 1. The highest BCUT2D eigenvalue weighted by Gasteiger charge is 2.11. The Hall–Kier alpha value is -2.55. The SMILES string of the molecule is CCCOc1ccccc1/C=C/C(=O)Oc1ccc2c(c1)CCCC2. The smallest absolute Gasteiger partial charge is 0.336 e. The van der Waals surface area contributed by atoms with Gasteiger partial charge in [0.05, 0.1) is 6.61 Å². The molecule has 25 heavy (non-hydrogen) atoms. The summed E-state index contributed by atoms with van der Waals surface area (Å²) in [6, 6.07) is 13.6. The molecule has 0 heterocycles. The van der Waals surface area contributed by atoms with Gasteiger partial charge in [-0.3, -0.25) is 0 Å². The Kier molecular flexibility index (Phi) is 5.89. The molecule has 0 aromatic heterocycles. The quantitative estimate of drug-likeness (QED) is 0.424. The summed E-state index contributed by atoms with van der Waals surface area (Å²) in [5.41, 5.74) is 3.56. The van der Waals surface area contributed by atoms with Crippen LogP contribution in [0, 0.1) is 0 Å². The lowest BCUT2D eigenvalue weighted by Gasteiger charge is -2.16. The second-order valence-electron chi connectivity index (χ2n) is 6.28. The van der Waals surface area contributed by atoms with Crippen LogP contribution in [0.25, 0.3) is 6.08 Å². The average molecular weight is 336 g/mol. The van der Waals surface area contributed by atoms with E-state index in [-0.39, 0.29) is 5.97 Å². The maximum atomic E-state index is 12.1. The Morgan fingerprint density at radius 2 is 1.88 bits per heavy atom. The van der Waals surface area contributed by atoms with E-state index in [0.29, 0.717) is 12.4 Å². The molecule has 0 aliphatic heterocycles. The molecule has 0 atom stereocenters. The fraction of sp³-hybridized carbons (Fsp3) is 0.318. The third kappa shape index (κ3) is 4.72. The van der Waals surface area contributed by atoms with Crippen molar-refractivity contribution < 1.29 is 14.3 Å². The molecule has 0 bridgehead atoms. The molecule has 2 aromatic rings. The average Bonchev–Trinajstić information content (AvgIpc) is 2.65. The molecule has 0 saturated heterocycles. The molecular formula is C22H24O3. The first-order chi connectivity index (χ1) is 12.3. The van der Waals surface area contributed by atoms with E-state index in [9.17, 15) is 4.79 Å². The molecule has 0 N–H and O–H groups in total. The van der Waals surface area contributed by atoms with Gasteiger partial charge in [0.15, 0.2) is 0 Å². The lowest BCUT2D eigenvalue weighted by Crippen LogP contribution is -2.07. The zero-order valence-corrected chi connectivity index (χ0v) is 14.7. The monoisotopic (exact) mass is 336 g/mol. The predicted octanol–water partition coefficient (Wildman–Crippen LogP) is 4.97. The summed E-state index contributed by atoms with van der Waals surface area (Å²) in [6.45, 7) is 2.72. The van der Waals surface area contributed by atoms with Crippen LogP contribution in [-0.2, 0) is 17.6 Å². The third-order valence-electron chi connectivity index (χ3n) is 4.32. The summed E-state index contributed by atoms with van der Waals surface area (Å²) in [7, 11) is 0. The first-order valence-electron chi connectivity index (χ1n) is 9.00. The Labute approximate surface area is 149 Å². The molecule has 0 saturated carbocycles. The van der Waals surface area contributed by atoms with Crippen molar-refractivity contribution in [1.82, 2.24) is 0 Å². The van der Waals surface area contributed by atoms with Crippen molar-refractivity contribution >= 4 is 12.0 Å². The molecule has 0 fully saturated rings. The highest BCUT2D eigenvalue weighted by molar-refractivity contribution is 5.89. The molecule has 3 rings (SSSR count). The van der Waals surface area contributed by atoms with Gasteiger partial charge in [0.2, 0.25) is 0 Å². The van der Waals surface area contributed by atoms with Gasteiger partial charge < -0.3 is 9.47 Å². The summed E-state index contributed by atoms with van der Waals surface area (Å²) >= 11 is 0. The van der Waals surface area contributed by atoms with Crippen LogP contribution in [-0.4, -0.2) is 12.6 Å². The van der Waals surface area contributed by atoms with E-state index < -0.39 is 0 Å². The Bertz CT molecular complexity index is 762. The van der Waals surface area contributed by atoms with Crippen LogP contribution in [0.3, 0.4) is 0 Å². The number of rotatable bonds is 6. The number of carbonyl (C=O) groups is 1. The number of aryl methyl sites for hydroxylation is 2. The van der Waals surface area contributed by atoms with E-state index in [2.05, 4.69) is 13.0 Å². The zero-order valence-electron chi connectivity index (χ0n) is 14.7.